The van der Waals surface area contributed by atoms with Gasteiger partial charge in [-0.3, -0.25) is 0 Å². The van der Waals surface area contributed by atoms with E-state index in [-0.39, 0.29) is 103 Å². The SMILES string of the molecule is [AlH3].[Ba+2].[Cu].[H-].[H-].[Mn]. The molecular weight excluding hydrogens is 283 g/mol. The zero-order valence-corrected chi connectivity index (χ0v) is 7.95. The summed E-state index contributed by atoms with van der Waals surface area (Å²) in [6.45, 7) is 0. The minimum atomic E-state index is 0. The fourth-order valence-corrected chi connectivity index (χ4v) is 0. The second-order valence-corrected chi connectivity index (χ2v) is 0. The summed E-state index contributed by atoms with van der Waals surface area (Å²) in [5.41, 5.74) is 0. The van der Waals surface area contributed by atoms with Crippen LogP contribution in [-0.2, 0) is 34.1 Å². The maximum atomic E-state index is 0. The van der Waals surface area contributed by atoms with Crippen molar-refractivity contribution < 1.29 is 37.0 Å². The molecule has 4 heteroatoms. The Labute approximate surface area is 101 Å². The maximum Gasteiger partial charge on any atom is 2.00 e. The number of hydrogen-bond acceptors (Lipinski definition) is 0. The van der Waals surface area contributed by atoms with Gasteiger partial charge in [-0.15, -0.1) is 0 Å². The first-order chi connectivity index (χ1) is 0. The van der Waals surface area contributed by atoms with Crippen LogP contribution < -0.4 is 0 Å². The van der Waals surface area contributed by atoms with E-state index >= 15 is 0 Å². The van der Waals surface area contributed by atoms with Crippen molar-refractivity contribution in [2.75, 3.05) is 0 Å². The molecule has 0 amide bonds. The molecule has 0 rings (SSSR count). The molecule has 0 saturated carbocycles. The van der Waals surface area contributed by atoms with Gasteiger partial charge >= 0.3 is 48.9 Å². The van der Waals surface area contributed by atoms with E-state index in [2.05, 4.69) is 0 Å². The summed E-state index contributed by atoms with van der Waals surface area (Å²) in [5.74, 6) is 0. The first kappa shape index (κ1) is 27.3. The van der Waals surface area contributed by atoms with E-state index in [0.29, 0.717) is 0 Å². The molecule has 0 aromatic carbocycles. The molecule has 0 atom stereocenters. The Bertz CT molecular complexity index is 13.5. The molecule has 0 fully saturated rings. The normalized spacial score (nSPS) is 0. The third kappa shape index (κ3) is 8.94. The van der Waals surface area contributed by atoms with Gasteiger partial charge in [0.25, 0.3) is 0 Å². The largest absolute Gasteiger partial charge is 2.00 e. The van der Waals surface area contributed by atoms with E-state index < -0.39 is 0 Å². The molecule has 0 aliphatic rings. The van der Waals surface area contributed by atoms with Crippen LogP contribution in [0.2, 0.25) is 0 Å². The van der Waals surface area contributed by atoms with Crippen molar-refractivity contribution >= 4 is 66.2 Å². The Balaban J connectivity index is 0. The Hall–Kier alpha value is 3.14. The van der Waals surface area contributed by atoms with Gasteiger partial charge in [-0.1, -0.05) is 0 Å². The first-order valence-electron chi connectivity index (χ1n) is 0. The van der Waals surface area contributed by atoms with Crippen LogP contribution in [-0.4, -0.2) is 66.2 Å². The summed E-state index contributed by atoms with van der Waals surface area (Å²) in [4.78, 5) is 0. The van der Waals surface area contributed by atoms with Gasteiger partial charge in [0.05, 0.1) is 0 Å². The van der Waals surface area contributed by atoms with Crippen molar-refractivity contribution in [3.8, 4) is 0 Å². The van der Waals surface area contributed by atoms with Gasteiger partial charge in [0.2, 0.25) is 0 Å². The van der Waals surface area contributed by atoms with E-state index in [0.717, 1.165) is 0 Å². The van der Waals surface area contributed by atoms with E-state index in [9.17, 15) is 0 Å². The summed E-state index contributed by atoms with van der Waals surface area (Å²) in [6.07, 6.45) is 0. The molecule has 0 aromatic heterocycles. The van der Waals surface area contributed by atoms with E-state index in [1.807, 2.05) is 0 Å². The number of rotatable bonds is 0. The van der Waals surface area contributed by atoms with Gasteiger partial charge < -0.3 is 2.85 Å². The van der Waals surface area contributed by atoms with Crippen LogP contribution in [0.15, 0.2) is 0 Å². The summed E-state index contributed by atoms with van der Waals surface area (Å²) in [5, 5.41) is 0. The summed E-state index contributed by atoms with van der Waals surface area (Å²) in [6, 6.07) is 0. The Morgan fingerprint density at radius 3 is 1.25 bits per heavy atom. The van der Waals surface area contributed by atoms with Gasteiger partial charge in [0.15, 0.2) is 17.4 Å². The monoisotopic (exact) mass is 288 g/mol. The smallest absolute Gasteiger partial charge is 1.00 e. The predicted molar refractivity (Wildman–Crippen MR) is 17.9 cm³/mol. The molecule has 0 aromatic rings. The average molecular weight is 288 g/mol. The molecule has 0 spiro atoms. The third-order valence-electron chi connectivity index (χ3n) is 0. The Morgan fingerprint density at radius 2 is 1.25 bits per heavy atom. The quantitative estimate of drug-likeness (QED) is 0.484. The van der Waals surface area contributed by atoms with Crippen LogP contribution in [0.5, 0.6) is 0 Å². The average Bonchev–Trinajstić information content (AvgIpc) is 0. The van der Waals surface area contributed by atoms with Gasteiger partial charge in [0.1, 0.15) is 0 Å². The topological polar surface area (TPSA) is 0 Å². The molecule has 0 nitrogen and oxygen atoms in total. The standard InChI is InChI=1S/Al.Ba.Cu.Mn.5H/q;+2;;;;;;2*-1. The minimum absolute atomic E-state index is 0. The third-order valence-corrected chi connectivity index (χ3v) is 0. The fraction of sp³-hybridized carbons (Fsp3) is 0. The minimum Gasteiger partial charge on any atom is -1.00 e. The van der Waals surface area contributed by atoms with Crippen molar-refractivity contribution in [3.63, 3.8) is 0 Å². The Morgan fingerprint density at radius 1 is 1.25 bits per heavy atom. The van der Waals surface area contributed by atoms with Crippen molar-refractivity contribution in [2.24, 2.45) is 0 Å². The van der Waals surface area contributed by atoms with Gasteiger partial charge in [0, 0.05) is 34.1 Å². The molecule has 2 radical (unpaired) electrons. The van der Waals surface area contributed by atoms with Gasteiger partial charge in [-0.05, 0) is 0 Å². The molecular formula is H5AlBaCuMn. The molecule has 28 valence electrons. The van der Waals surface area contributed by atoms with Crippen LogP contribution in [0.1, 0.15) is 2.85 Å². The molecule has 0 unspecified atom stereocenters. The van der Waals surface area contributed by atoms with E-state index in [1.165, 1.54) is 0 Å². The fourth-order valence-electron chi connectivity index (χ4n) is 0. The summed E-state index contributed by atoms with van der Waals surface area (Å²) < 4.78 is 0. The molecule has 0 saturated heterocycles. The predicted octanol–water partition coefficient (Wildman–Crippen LogP) is -1.34. The van der Waals surface area contributed by atoms with Crippen molar-refractivity contribution in [1.82, 2.24) is 0 Å². The van der Waals surface area contributed by atoms with Crippen LogP contribution >= 0.6 is 0 Å². The molecule has 0 aliphatic heterocycles. The molecule has 0 N–H and O–H groups in total. The maximum absolute atomic E-state index is 0. The van der Waals surface area contributed by atoms with Gasteiger partial charge in [-0.25, -0.2) is 0 Å². The summed E-state index contributed by atoms with van der Waals surface area (Å²) in [7, 11) is 0. The van der Waals surface area contributed by atoms with Crippen molar-refractivity contribution in [1.29, 1.82) is 0 Å². The second-order valence-electron chi connectivity index (χ2n) is 0. The second kappa shape index (κ2) is 16.4. The first-order valence-corrected chi connectivity index (χ1v) is 0. The molecule has 0 aliphatic carbocycles. The Kier molecular flexibility index (Phi) is 112. The van der Waals surface area contributed by atoms with Crippen LogP contribution in [0.4, 0.5) is 0 Å². The van der Waals surface area contributed by atoms with E-state index in [1.54, 1.807) is 0 Å². The van der Waals surface area contributed by atoms with Crippen molar-refractivity contribution in [2.45, 2.75) is 0 Å². The zero-order valence-electron chi connectivity index (χ0n) is 3.39. The van der Waals surface area contributed by atoms with Gasteiger partial charge in [-0.2, -0.15) is 0 Å². The van der Waals surface area contributed by atoms with Crippen LogP contribution in [0, 0.1) is 0 Å². The molecule has 4 heavy (non-hydrogen) atoms. The zero-order chi connectivity index (χ0) is 0. The van der Waals surface area contributed by atoms with Crippen molar-refractivity contribution in [3.05, 3.63) is 0 Å². The van der Waals surface area contributed by atoms with E-state index in [4.69, 9.17) is 0 Å². The summed E-state index contributed by atoms with van der Waals surface area (Å²) >= 11 is 0. The number of hydrogen-bond donors (Lipinski definition) is 0. The molecule has 0 bridgehead atoms. The van der Waals surface area contributed by atoms with Crippen LogP contribution in [0.3, 0.4) is 0 Å². The molecule has 0 heterocycles. The van der Waals surface area contributed by atoms with Crippen LogP contribution in [0.25, 0.3) is 0 Å².